The minimum Gasteiger partial charge on any atom is -0.493 e. The third-order valence-corrected chi connectivity index (χ3v) is 3.78. The van der Waals surface area contributed by atoms with Crippen molar-refractivity contribution in [1.82, 2.24) is 9.97 Å². The highest BCUT2D eigenvalue weighted by Crippen LogP contribution is 2.44. The van der Waals surface area contributed by atoms with Gasteiger partial charge in [-0.05, 0) is 18.9 Å². The lowest BCUT2D eigenvalue weighted by Crippen LogP contribution is -2.27. The lowest BCUT2D eigenvalue weighted by molar-refractivity contribution is 0.327. The number of nitrogen functional groups attached to an aromatic ring is 1. The molecule has 7 nitrogen and oxygen atoms in total. The van der Waals surface area contributed by atoms with E-state index in [9.17, 15) is 0 Å². The number of nitrogens with two attached hydrogens (primary N) is 1. The second-order valence-corrected chi connectivity index (χ2v) is 5.44. The van der Waals surface area contributed by atoms with Crippen molar-refractivity contribution in [2.45, 2.75) is 26.7 Å². The van der Waals surface area contributed by atoms with Crippen LogP contribution < -0.4 is 24.8 Å². The van der Waals surface area contributed by atoms with Gasteiger partial charge in [-0.3, -0.25) is 0 Å². The fourth-order valence-electron chi connectivity index (χ4n) is 2.73. The van der Waals surface area contributed by atoms with E-state index in [1.165, 1.54) is 0 Å². The number of hydrogen-bond donors (Lipinski definition) is 1. The molecule has 25 heavy (non-hydrogen) atoms. The molecule has 0 atom stereocenters. The van der Waals surface area contributed by atoms with Gasteiger partial charge in [-0.25, -0.2) is 4.98 Å². The molecule has 2 N–H and O–H groups in total. The fraction of sp³-hybridized carbons (Fsp3) is 0.529. The largest absolute Gasteiger partial charge is 0.493 e. The van der Waals surface area contributed by atoms with Gasteiger partial charge in [0.2, 0.25) is 11.7 Å². The average molecular weight is 371 g/mol. The summed E-state index contributed by atoms with van der Waals surface area (Å²) < 4.78 is 16.3. The van der Waals surface area contributed by atoms with Crippen molar-refractivity contribution < 1.29 is 14.2 Å². The number of ether oxygens (including phenoxy) is 3. The van der Waals surface area contributed by atoms with Gasteiger partial charge in [0.25, 0.3) is 0 Å². The zero-order valence-electron chi connectivity index (χ0n) is 15.5. The summed E-state index contributed by atoms with van der Waals surface area (Å²) in [6, 6.07) is 1.78. The van der Waals surface area contributed by atoms with E-state index in [-0.39, 0.29) is 12.4 Å². The van der Waals surface area contributed by atoms with E-state index in [4.69, 9.17) is 24.9 Å². The Morgan fingerprint density at radius 2 is 1.56 bits per heavy atom. The van der Waals surface area contributed by atoms with Gasteiger partial charge in [0.1, 0.15) is 11.3 Å². The Morgan fingerprint density at radius 3 is 2.04 bits per heavy atom. The SMILES string of the molecule is CCCN(CCC)c1nc(N)c2cc(OC)c(OC)c(OC)c2n1.Cl. The topological polar surface area (TPSA) is 82.7 Å². The van der Waals surface area contributed by atoms with Crippen molar-refractivity contribution in [2.75, 3.05) is 45.1 Å². The van der Waals surface area contributed by atoms with Gasteiger partial charge in [0, 0.05) is 13.1 Å². The second kappa shape index (κ2) is 9.36. The van der Waals surface area contributed by atoms with Gasteiger partial charge >= 0.3 is 0 Å². The summed E-state index contributed by atoms with van der Waals surface area (Å²) in [5, 5.41) is 0.682. The van der Waals surface area contributed by atoms with Crippen LogP contribution in [0.4, 0.5) is 11.8 Å². The Morgan fingerprint density at radius 1 is 0.960 bits per heavy atom. The summed E-state index contributed by atoms with van der Waals surface area (Å²) >= 11 is 0. The summed E-state index contributed by atoms with van der Waals surface area (Å²) in [4.78, 5) is 11.3. The molecule has 2 aromatic rings. The Bertz CT molecular complexity index is 706. The van der Waals surface area contributed by atoms with E-state index in [1.54, 1.807) is 27.4 Å². The molecule has 140 valence electrons. The van der Waals surface area contributed by atoms with Gasteiger partial charge in [-0.15, -0.1) is 12.4 Å². The van der Waals surface area contributed by atoms with Crippen molar-refractivity contribution >= 4 is 35.1 Å². The lowest BCUT2D eigenvalue weighted by atomic mass is 10.2. The van der Waals surface area contributed by atoms with Crippen LogP contribution in [0, 0.1) is 0 Å². The molecule has 0 fully saturated rings. The van der Waals surface area contributed by atoms with Crippen LogP contribution in [-0.2, 0) is 0 Å². The molecule has 0 saturated carbocycles. The third kappa shape index (κ3) is 4.10. The van der Waals surface area contributed by atoms with Crippen LogP contribution in [0.1, 0.15) is 26.7 Å². The minimum atomic E-state index is 0. The fourth-order valence-corrected chi connectivity index (χ4v) is 2.73. The molecule has 0 aliphatic heterocycles. The predicted octanol–water partition coefficient (Wildman–Crippen LogP) is 3.29. The van der Waals surface area contributed by atoms with E-state index >= 15 is 0 Å². The number of benzene rings is 1. The Balaban J connectivity index is 0.00000312. The smallest absolute Gasteiger partial charge is 0.228 e. The number of anilines is 2. The summed E-state index contributed by atoms with van der Waals surface area (Å²) in [5.74, 6) is 2.52. The van der Waals surface area contributed by atoms with Crippen LogP contribution in [0.2, 0.25) is 0 Å². The maximum Gasteiger partial charge on any atom is 0.228 e. The van der Waals surface area contributed by atoms with Crippen LogP contribution in [0.3, 0.4) is 0 Å². The van der Waals surface area contributed by atoms with E-state index in [2.05, 4.69) is 23.7 Å². The average Bonchev–Trinajstić information content (AvgIpc) is 2.59. The van der Waals surface area contributed by atoms with Crippen molar-refractivity contribution in [1.29, 1.82) is 0 Å². The maximum absolute atomic E-state index is 6.20. The Hall–Kier alpha value is -2.15. The van der Waals surface area contributed by atoms with E-state index in [0.717, 1.165) is 25.9 Å². The molecule has 1 aromatic heterocycles. The van der Waals surface area contributed by atoms with Crippen LogP contribution in [0.15, 0.2) is 6.07 Å². The standard InChI is InChI=1S/C17H26N4O3.ClH/c1-6-8-21(9-7-2)17-19-13-11(16(18)20-17)10-12(22-3)14(23-4)15(13)24-5;/h10H,6-9H2,1-5H3,(H2,18,19,20);1H. The highest BCUT2D eigenvalue weighted by molar-refractivity contribution is 5.97. The van der Waals surface area contributed by atoms with Gasteiger partial charge in [0.05, 0.1) is 26.7 Å². The quantitative estimate of drug-likeness (QED) is 0.763. The normalized spacial score (nSPS) is 10.3. The molecule has 0 saturated heterocycles. The first-order chi connectivity index (χ1) is 11.6. The number of fused-ring (bicyclic) bond motifs is 1. The minimum absolute atomic E-state index is 0. The van der Waals surface area contributed by atoms with Crippen molar-refractivity contribution in [3.8, 4) is 17.2 Å². The number of aromatic nitrogens is 2. The zero-order valence-corrected chi connectivity index (χ0v) is 16.3. The molecule has 0 amide bonds. The molecule has 1 aromatic carbocycles. The highest BCUT2D eigenvalue weighted by Gasteiger charge is 2.21. The first-order valence-electron chi connectivity index (χ1n) is 8.12. The molecule has 2 rings (SSSR count). The number of methoxy groups -OCH3 is 3. The summed E-state index contributed by atoms with van der Waals surface area (Å²) in [5.41, 5.74) is 6.82. The molecule has 0 spiro atoms. The van der Waals surface area contributed by atoms with E-state index in [0.29, 0.717) is 39.9 Å². The summed E-state index contributed by atoms with van der Waals surface area (Å²) in [6.07, 6.45) is 2.01. The molecule has 1 heterocycles. The number of hydrogen-bond acceptors (Lipinski definition) is 7. The monoisotopic (exact) mass is 370 g/mol. The summed E-state index contributed by atoms with van der Waals surface area (Å²) in [7, 11) is 4.71. The highest BCUT2D eigenvalue weighted by atomic mass is 35.5. The first-order valence-corrected chi connectivity index (χ1v) is 8.12. The first kappa shape index (κ1) is 20.9. The van der Waals surface area contributed by atoms with Gasteiger partial charge in [-0.2, -0.15) is 4.98 Å². The Kier molecular flexibility index (Phi) is 7.83. The second-order valence-electron chi connectivity index (χ2n) is 5.44. The zero-order chi connectivity index (χ0) is 17.7. The number of nitrogens with zero attached hydrogens (tertiary/aromatic N) is 3. The molecule has 0 aliphatic rings. The van der Waals surface area contributed by atoms with Crippen LogP contribution in [-0.4, -0.2) is 44.4 Å². The van der Waals surface area contributed by atoms with E-state index in [1.807, 2.05) is 0 Å². The third-order valence-electron chi connectivity index (χ3n) is 3.78. The van der Waals surface area contributed by atoms with Gasteiger partial charge in [0.15, 0.2) is 11.5 Å². The van der Waals surface area contributed by atoms with E-state index < -0.39 is 0 Å². The number of halogens is 1. The molecule has 0 bridgehead atoms. The molecule has 0 radical (unpaired) electrons. The van der Waals surface area contributed by atoms with Gasteiger partial charge < -0.3 is 24.8 Å². The van der Waals surface area contributed by atoms with Crippen LogP contribution in [0.25, 0.3) is 10.9 Å². The van der Waals surface area contributed by atoms with Crippen LogP contribution >= 0.6 is 12.4 Å². The molecule has 0 aliphatic carbocycles. The molecule has 8 heteroatoms. The predicted molar refractivity (Wildman–Crippen MR) is 104 cm³/mol. The lowest BCUT2D eigenvalue weighted by Gasteiger charge is -2.23. The van der Waals surface area contributed by atoms with Crippen molar-refractivity contribution in [3.63, 3.8) is 0 Å². The molecular weight excluding hydrogens is 344 g/mol. The van der Waals surface area contributed by atoms with Crippen LogP contribution in [0.5, 0.6) is 17.2 Å². The Labute approximate surface area is 154 Å². The number of rotatable bonds is 8. The summed E-state index contributed by atoms with van der Waals surface area (Å²) in [6.45, 7) is 5.99. The molecule has 0 unspecified atom stereocenters. The van der Waals surface area contributed by atoms with Crippen molar-refractivity contribution in [3.05, 3.63) is 6.07 Å². The maximum atomic E-state index is 6.20. The van der Waals surface area contributed by atoms with Crippen molar-refractivity contribution in [2.24, 2.45) is 0 Å². The van der Waals surface area contributed by atoms with Gasteiger partial charge in [-0.1, -0.05) is 13.8 Å². The molecular formula is C17H27ClN4O3.